The smallest absolute Gasteiger partial charge is 0.268 e. The van der Waals surface area contributed by atoms with Crippen LogP contribution < -0.4 is 5.56 Å². The molecule has 1 heterocycles. The molecular weight excluding hydrogens is 280 g/mol. The second-order valence-corrected chi connectivity index (χ2v) is 4.86. The van der Waals surface area contributed by atoms with Crippen molar-refractivity contribution >= 4 is 15.9 Å². The summed E-state index contributed by atoms with van der Waals surface area (Å²) in [5, 5.41) is 0. The lowest BCUT2D eigenvalue weighted by Crippen LogP contribution is -2.22. The molecule has 0 atom stereocenters. The van der Waals surface area contributed by atoms with Gasteiger partial charge in [0, 0.05) is 0 Å². The predicted molar refractivity (Wildman–Crippen MR) is 71.2 cm³/mol. The maximum atomic E-state index is 12.0. The van der Waals surface area contributed by atoms with Crippen LogP contribution >= 0.6 is 15.9 Å². The topological polar surface area (TPSA) is 34.9 Å². The molecule has 88 valence electrons. The van der Waals surface area contributed by atoms with Crippen molar-refractivity contribution in [1.82, 2.24) is 9.55 Å². The lowest BCUT2D eigenvalue weighted by atomic mass is 10.1. The first-order chi connectivity index (χ1) is 8.08. The van der Waals surface area contributed by atoms with Gasteiger partial charge in [0.2, 0.25) is 0 Å². The van der Waals surface area contributed by atoms with Crippen LogP contribution in [0.5, 0.6) is 0 Å². The highest BCUT2D eigenvalue weighted by atomic mass is 79.9. The molecule has 0 spiro atoms. The lowest BCUT2D eigenvalue weighted by molar-refractivity contribution is 0.724. The van der Waals surface area contributed by atoms with Crippen LogP contribution in [0.4, 0.5) is 0 Å². The molecule has 0 N–H and O–H groups in total. The van der Waals surface area contributed by atoms with E-state index in [2.05, 4.69) is 27.0 Å². The fraction of sp³-hybridized carbons (Fsp3) is 0.231. The van der Waals surface area contributed by atoms with Gasteiger partial charge in [-0.2, -0.15) is 0 Å². The van der Waals surface area contributed by atoms with Crippen LogP contribution in [0.25, 0.3) is 0 Å². The number of aryl methyl sites for hydroxylation is 2. The number of hydrogen-bond acceptors (Lipinski definition) is 2. The van der Waals surface area contributed by atoms with Gasteiger partial charge >= 0.3 is 0 Å². The SMILES string of the molecule is Cc1cccc(Cn2cnc(C)c(Br)c2=O)c1. The van der Waals surface area contributed by atoms with E-state index in [4.69, 9.17) is 0 Å². The van der Waals surface area contributed by atoms with Crippen LogP contribution in [0.1, 0.15) is 16.8 Å². The molecule has 0 unspecified atom stereocenters. The van der Waals surface area contributed by atoms with E-state index in [1.807, 2.05) is 32.0 Å². The first kappa shape index (κ1) is 12.0. The fourth-order valence-electron chi connectivity index (χ4n) is 1.67. The van der Waals surface area contributed by atoms with Crippen molar-refractivity contribution in [3.63, 3.8) is 0 Å². The minimum atomic E-state index is -0.0426. The Labute approximate surface area is 108 Å². The summed E-state index contributed by atoms with van der Waals surface area (Å²) in [5.74, 6) is 0. The number of benzene rings is 1. The number of halogens is 1. The molecule has 0 saturated carbocycles. The summed E-state index contributed by atoms with van der Waals surface area (Å²) in [6.07, 6.45) is 1.59. The zero-order valence-electron chi connectivity index (χ0n) is 9.77. The maximum absolute atomic E-state index is 12.0. The highest BCUT2D eigenvalue weighted by molar-refractivity contribution is 9.10. The summed E-state index contributed by atoms with van der Waals surface area (Å²) >= 11 is 3.26. The molecule has 0 radical (unpaired) electrons. The van der Waals surface area contributed by atoms with Gasteiger partial charge in [0.25, 0.3) is 5.56 Å². The van der Waals surface area contributed by atoms with Crippen LogP contribution in [-0.4, -0.2) is 9.55 Å². The van der Waals surface area contributed by atoms with Crippen molar-refractivity contribution in [1.29, 1.82) is 0 Å². The number of nitrogens with zero attached hydrogens (tertiary/aromatic N) is 2. The summed E-state index contributed by atoms with van der Waals surface area (Å²) < 4.78 is 2.14. The monoisotopic (exact) mass is 292 g/mol. The Hall–Kier alpha value is -1.42. The third kappa shape index (κ3) is 2.64. The van der Waals surface area contributed by atoms with Gasteiger partial charge in [-0.1, -0.05) is 29.8 Å². The van der Waals surface area contributed by atoms with Crippen LogP contribution in [0.3, 0.4) is 0 Å². The zero-order valence-corrected chi connectivity index (χ0v) is 11.4. The Balaban J connectivity index is 2.37. The van der Waals surface area contributed by atoms with Crippen LogP contribution in [0.15, 0.2) is 39.9 Å². The van der Waals surface area contributed by atoms with Gasteiger partial charge < -0.3 is 0 Å². The molecule has 0 saturated heterocycles. The Bertz CT molecular complexity index is 605. The molecule has 0 aliphatic heterocycles. The highest BCUT2D eigenvalue weighted by Crippen LogP contribution is 2.08. The van der Waals surface area contributed by atoms with Gasteiger partial charge in [0.15, 0.2) is 0 Å². The molecule has 0 amide bonds. The van der Waals surface area contributed by atoms with Crippen LogP contribution in [0.2, 0.25) is 0 Å². The van der Waals surface area contributed by atoms with E-state index in [1.165, 1.54) is 5.56 Å². The van der Waals surface area contributed by atoms with Gasteiger partial charge in [-0.25, -0.2) is 4.98 Å². The predicted octanol–water partition coefficient (Wildman–Crippen LogP) is 2.67. The van der Waals surface area contributed by atoms with Crippen molar-refractivity contribution < 1.29 is 0 Å². The second kappa shape index (κ2) is 4.84. The molecule has 4 heteroatoms. The van der Waals surface area contributed by atoms with Crippen molar-refractivity contribution in [3.8, 4) is 0 Å². The normalized spacial score (nSPS) is 10.5. The van der Waals surface area contributed by atoms with E-state index < -0.39 is 0 Å². The quantitative estimate of drug-likeness (QED) is 0.853. The van der Waals surface area contributed by atoms with Gasteiger partial charge in [-0.15, -0.1) is 0 Å². The molecule has 1 aromatic heterocycles. The molecule has 17 heavy (non-hydrogen) atoms. The largest absolute Gasteiger partial charge is 0.294 e. The fourth-order valence-corrected chi connectivity index (χ4v) is 2.00. The van der Waals surface area contributed by atoms with Gasteiger partial charge in [-0.05, 0) is 35.3 Å². The molecule has 1 aromatic carbocycles. The average Bonchev–Trinajstić information content (AvgIpc) is 2.30. The van der Waals surface area contributed by atoms with Crippen molar-refractivity contribution in [2.75, 3.05) is 0 Å². The Morgan fingerprint density at radius 1 is 1.35 bits per heavy atom. The zero-order chi connectivity index (χ0) is 12.4. The minimum absolute atomic E-state index is 0.0426. The van der Waals surface area contributed by atoms with E-state index in [1.54, 1.807) is 10.9 Å². The lowest BCUT2D eigenvalue weighted by Gasteiger charge is -2.07. The third-order valence-electron chi connectivity index (χ3n) is 2.59. The highest BCUT2D eigenvalue weighted by Gasteiger charge is 2.05. The summed E-state index contributed by atoms with van der Waals surface area (Å²) in [5.41, 5.74) is 2.97. The molecule has 0 bridgehead atoms. The Kier molecular flexibility index (Phi) is 3.43. The summed E-state index contributed by atoms with van der Waals surface area (Å²) in [6, 6.07) is 8.11. The molecule has 0 aliphatic carbocycles. The molecule has 0 aliphatic rings. The van der Waals surface area contributed by atoms with E-state index in [0.29, 0.717) is 11.0 Å². The summed E-state index contributed by atoms with van der Waals surface area (Å²) in [6.45, 7) is 4.39. The van der Waals surface area contributed by atoms with E-state index in [0.717, 1.165) is 11.3 Å². The van der Waals surface area contributed by atoms with Crippen molar-refractivity contribution in [3.05, 3.63) is 62.2 Å². The first-order valence-corrected chi connectivity index (χ1v) is 6.14. The molecule has 3 nitrogen and oxygen atoms in total. The van der Waals surface area contributed by atoms with E-state index in [-0.39, 0.29) is 5.56 Å². The van der Waals surface area contributed by atoms with Crippen LogP contribution in [0, 0.1) is 13.8 Å². The van der Waals surface area contributed by atoms with Gasteiger partial charge in [0.1, 0.15) is 4.47 Å². The molecule has 2 aromatic rings. The van der Waals surface area contributed by atoms with Crippen LogP contribution in [-0.2, 0) is 6.54 Å². The number of aromatic nitrogens is 2. The summed E-state index contributed by atoms with van der Waals surface area (Å²) in [4.78, 5) is 16.1. The first-order valence-electron chi connectivity index (χ1n) is 5.35. The molecular formula is C13H13BrN2O. The second-order valence-electron chi connectivity index (χ2n) is 4.07. The maximum Gasteiger partial charge on any atom is 0.268 e. The average molecular weight is 293 g/mol. The summed E-state index contributed by atoms with van der Waals surface area (Å²) in [7, 11) is 0. The standard InChI is InChI=1S/C13H13BrN2O/c1-9-4-3-5-11(6-9)7-16-8-15-10(2)12(14)13(16)17/h3-6,8H,7H2,1-2H3. The van der Waals surface area contributed by atoms with Crippen molar-refractivity contribution in [2.45, 2.75) is 20.4 Å². The minimum Gasteiger partial charge on any atom is -0.294 e. The van der Waals surface area contributed by atoms with E-state index in [9.17, 15) is 4.79 Å². The number of hydrogen-bond donors (Lipinski definition) is 0. The number of rotatable bonds is 2. The third-order valence-corrected chi connectivity index (χ3v) is 3.51. The van der Waals surface area contributed by atoms with Gasteiger partial charge in [0.05, 0.1) is 18.6 Å². The molecule has 2 rings (SSSR count). The van der Waals surface area contributed by atoms with Gasteiger partial charge in [-0.3, -0.25) is 9.36 Å². The van der Waals surface area contributed by atoms with Crippen molar-refractivity contribution in [2.24, 2.45) is 0 Å². The van der Waals surface area contributed by atoms with E-state index >= 15 is 0 Å². The Morgan fingerprint density at radius 2 is 2.12 bits per heavy atom. The Morgan fingerprint density at radius 3 is 2.82 bits per heavy atom. The molecule has 0 fully saturated rings.